The molecule has 0 saturated heterocycles. The molecule has 0 unspecified atom stereocenters. The van der Waals surface area contributed by atoms with Crippen LogP contribution in [0.25, 0.3) is 11.5 Å². The summed E-state index contributed by atoms with van der Waals surface area (Å²) in [4.78, 5) is 12.1. The van der Waals surface area contributed by atoms with Gasteiger partial charge in [-0.2, -0.15) is 0 Å². The van der Waals surface area contributed by atoms with Gasteiger partial charge in [-0.1, -0.05) is 34.4 Å². The van der Waals surface area contributed by atoms with Crippen LogP contribution in [0.15, 0.2) is 46.9 Å². The van der Waals surface area contributed by atoms with Crippen molar-refractivity contribution in [2.45, 2.75) is 0 Å². The molecule has 1 heterocycles. The Kier molecular flexibility index (Phi) is 4.27. The molecule has 1 N–H and O–H groups in total. The number of halogens is 3. The van der Waals surface area contributed by atoms with Crippen LogP contribution >= 0.6 is 23.2 Å². The fraction of sp³-hybridized carbons (Fsp3) is 0. The minimum absolute atomic E-state index is 0.0805. The van der Waals surface area contributed by atoms with Crippen molar-refractivity contribution in [3.8, 4) is 11.5 Å². The van der Waals surface area contributed by atoms with E-state index in [0.717, 1.165) is 0 Å². The Hall–Kier alpha value is -2.44. The molecule has 5 nitrogen and oxygen atoms in total. The van der Waals surface area contributed by atoms with E-state index in [2.05, 4.69) is 15.5 Å². The van der Waals surface area contributed by atoms with Gasteiger partial charge in [0.2, 0.25) is 5.89 Å². The first-order valence-corrected chi connectivity index (χ1v) is 7.14. The van der Waals surface area contributed by atoms with Gasteiger partial charge in [0.05, 0.1) is 10.6 Å². The molecule has 0 fully saturated rings. The molecule has 0 bridgehead atoms. The summed E-state index contributed by atoms with van der Waals surface area (Å²) in [6.07, 6.45) is 0. The van der Waals surface area contributed by atoms with Crippen LogP contribution in [0.4, 0.5) is 10.4 Å². The standard InChI is InChI=1S/C15H8Cl2FN3O2/c16-9-4-5-12(17)11(7-9)13(22)19-15-21-20-14(23-15)8-2-1-3-10(18)6-8/h1-7H,(H,19,21,22). The maximum absolute atomic E-state index is 13.2. The molecule has 2 aromatic carbocycles. The lowest BCUT2D eigenvalue weighted by atomic mass is 10.2. The van der Waals surface area contributed by atoms with E-state index in [0.29, 0.717) is 10.6 Å². The summed E-state index contributed by atoms with van der Waals surface area (Å²) in [5.74, 6) is -0.902. The SMILES string of the molecule is O=C(Nc1nnc(-c2cccc(F)c2)o1)c1cc(Cl)ccc1Cl. The van der Waals surface area contributed by atoms with Gasteiger partial charge in [0, 0.05) is 10.6 Å². The zero-order valence-corrected chi connectivity index (χ0v) is 12.9. The highest BCUT2D eigenvalue weighted by Gasteiger charge is 2.15. The fourth-order valence-corrected chi connectivity index (χ4v) is 2.22. The first kappa shape index (κ1) is 15.5. The summed E-state index contributed by atoms with van der Waals surface area (Å²) in [6, 6.07) is 10.0. The van der Waals surface area contributed by atoms with Crippen molar-refractivity contribution in [1.29, 1.82) is 0 Å². The van der Waals surface area contributed by atoms with Crippen LogP contribution in [-0.4, -0.2) is 16.1 Å². The van der Waals surface area contributed by atoms with Gasteiger partial charge in [-0.15, -0.1) is 5.10 Å². The quantitative estimate of drug-likeness (QED) is 0.757. The molecule has 8 heteroatoms. The van der Waals surface area contributed by atoms with E-state index in [1.54, 1.807) is 12.1 Å². The predicted octanol–water partition coefficient (Wildman–Crippen LogP) is 4.43. The molecular weight excluding hydrogens is 344 g/mol. The molecule has 0 aliphatic carbocycles. The lowest BCUT2D eigenvalue weighted by molar-refractivity contribution is 0.102. The van der Waals surface area contributed by atoms with Crippen molar-refractivity contribution in [3.05, 3.63) is 63.9 Å². The highest BCUT2D eigenvalue weighted by Crippen LogP contribution is 2.23. The van der Waals surface area contributed by atoms with Gasteiger partial charge in [0.15, 0.2) is 0 Å². The predicted molar refractivity (Wildman–Crippen MR) is 84.1 cm³/mol. The number of carbonyl (C=O) groups is 1. The average Bonchev–Trinajstić information content (AvgIpc) is 2.98. The summed E-state index contributed by atoms with van der Waals surface area (Å²) < 4.78 is 18.5. The highest BCUT2D eigenvalue weighted by atomic mass is 35.5. The van der Waals surface area contributed by atoms with Crippen LogP contribution in [0, 0.1) is 5.82 Å². The van der Waals surface area contributed by atoms with E-state index in [4.69, 9.17) is 27.6 Å². The van der Waals surface area contributed by atoms with Crippen molar-refractivity contribution in [1.82, 2.24) is 10.2 Å². The van der Waals surface area contributed by atoms with Crippen molar-refractivity contribution in [3.63, 3.8) is 0 Å². The molecule has 23 heavy (non-hydrogen) atoms. The van der Waals surface area contributed by atoms with Gasteiger partial charge < -0.3 is 4.42 Å². The Labute approximate surface area is 140 Å². The minimum Gasteiger partial charge on any atom is -0.403 e. The molecule has 0 aliphatic heterocycles. The number of hydrogen-bond donors (Lipinski definition) is 1. The van der Waals surface area contributed by atoms with Crippen LogP contribution in [0.1, 0.15) is 10.4 Å². The number of nitrogens with one attached hydrogen (secondary N) is 1. The molecule has 1 aromatic heterocycles. The maximum atomic E-state index is 13.2. The Morgan fingerprint density at radius 3 is 2.74 bits per heavy atom. The number of anilines is 1. The van der Waals surface area contributed by atoms with Crippen molar-refractivity contribution in [2.75, 3.05) is 5.32 Å². The van der Waals surface area contributed by atoms with Gasteiger partial charge in [-0.3, -0.25) is 10.1 Å². The molecule has 3 rings (SSSR count). The van der Waals surface area contributed by atoms with Gasteiger partial charge in [-0.25, -0.2) is 4.39 Å². The number of rotatable bonds is 3. The lowest BCUT2D eigenvalue weighted by Crippen LogP contribution is -2.12. The zero-order valence-electron chi connectivity index (χ0n) is 11.4. The van der Waals surface area contributed by atoms with E-state index in [9.17, 15) is 9.18 Å². The summed E-state index contributed by atoms with van der Waals surface area (Å²) >= 11 is 11.8. The zero-order chi connectivity index (χ0) is 16.4. The summed E-state index contributed by atoms with van der Waals surface area (Å²) in [5, 5.41) is 10.5. The second kappa shape index (κ2) is 6.36. The molecule has 1 amide bonds. The van der Waals surface area contributed by atoms with Crippen molar-refractivity contribution >= 4 is 35.1 Å². The Balaban J connectivity index is 1.81. The molecule has 0 saturated carbocycles. The fourth-order valence-electron chi connectivity index (χ4n) is 1.85. The topological polar surface area (TPSA) is 68.0 Å². The first-order chi connectivity index (χ1) is 11.0. The van der Waals surface area contributed by atoms with Crippen molar-refractivity contribution < 1.29 is 13.6 Å². The molecule has 0 radical (unpaired) electrons. The monoisotopic (exact) mass is 351 g/mol. The summed E-state index contributed by atoms with van der Waals surface area (Å²) in [5.41, 5.74) is 0.573. The third-order valence-electron chi connectivity index (χ3n) is 2.89. The molecule has 0 aliphatic rings. The van der Waals surface area contributed by atoms with E-state index < -0.39 is 11.7 Å². The number of nitrogens with zero attached hydrogens (tertiary/aromatic N) is 2. The summed E-state index contributed by atoms with van der Waals surface area (Å²) in [6.45, 7) is 0. The van der Waals surface area contributed by atoms with E-state index in [1.165, 1.54) is 30.3 Å². The average molecular weight is 352 g/mol. The summed E-state index contributed by atoms with van der Waals surface area (Å²) in [7, 11) is 0. The van der Waals surface area contributed by atoms with Gasteiger partial charge >= 0.3 is 6.01 Å². The molecule has 0 spiro atoms. The van der Waals surface area contributed by atoms with Crippen LogP contribution in [0.5, 0.6) is 0 Å². The third-order valence-corrected chi connectivity index (χ3v) is 3.45. The Morgan fingerprint density at radius 2 is 1.96 bits per heavy atom. The lowest BCUT2D eigenvalue weighted by Gasteiger charge is -2.03. The second-order valence-electron chi connectivity index (χ2n) is 4.50. The van der Waals surface area contributed by atoms with E-state index >= 15 is 0 Å². The number of aromatic nitrogens is 2. The van der Waals surface area contributed by atoms with Crippen LogP contribution < -0.4 is 5.32 Å². The molecule has 3 aromatic rings. The van der Waals surface area contributed by atoms with E-state index in [-0.39, 0.29) is 22.5 Å². The number of amides is 1. The molecule has 116 valence electrons. The normalized spacial score (nSPS) is 10.6. The Bertz CT molecular complexity index is 883. The number of carbonyl (C=O) groups excluding carboxylic acids is 1. The van der Waals surface area contributed by atoms with Crippen LogP contribution in [0.3, 0.4) is 0 Å². The van der Waals surface area contributed by atoms with Crippen LogP contribution in [-0.2, 0) is 0 Å². The second-order valence-corrected chi connectivity index (χ2v) is 5.34. The van der Waals surface area contributed by atoms with Crippen LogP contribution in [0.2, 0.25) is 10.0 Å². The Morgan fingerprint density at radius 1 is 1.13 bits per heavy atom. The van der Waals surface area contributed by atoms with Gasteiger partial charge in [0.25, 0.3) is 5.91 Å². The number of hydrogen-bond acceptors (Lipinski definition) is 4. The smallest absolute Gasteiger partial charge is 0.322 e. The minimum atomic E-state index is -0.549. The molecular formula is C15H8Cl2FN3O2. The van der Waals surface area contributed by atoms with E-state index in [1.807, 2.05) is 0 Å². The van der Waals surface area contributed by atoms with Crippen molar-refractivity contribution in [2.24, 2.45) is 0 Å². The highest BCUT2D eigenvalue weighted by molar-refractivity contribution is 6.36. The number of benzene rings is 2. The first-order valence-electron chi connectivity index (χ1n) is 6.39. The van der Waals surface area contributed by atoms with Gasteiger partial charge in [-0.05, 0) is 36.4 Å². The van der Waals surface area contributed by atoms with Gasteiger partial charge in [0.1, 0.15) is 5.82 Å². The maximum Gasteiger partial charge on any atom is 0.322 e. The third kappa shape index (κ3) is 3.49. The largest absolute Gasteiger partial charge is 0.403 e. The molecule has 0 atom stereocenters.